The normalized spacial score (nSPS) is 19.2. The van der Waals surface area contributed by atoms with Crippen LogP contribution in [0.3, 0.4) is 0 Å². The van der Waals surface area contributed by atoms with Gasteiger partial charge in [-0.2, -0.15) is 0 Å². The lowest BCUT2D eigenvalue weighted by atomic mass is 9.94. The maximum absolute atomic E-state index is 12.7. The third-order valence-corrected chi connectivity index (χ3v) is 6.20. The summed E-state index contributed by atoms with van der Waals surface area (Å²) in [7, 11) is 1.66. The van der Waals surface area contributed by atoms with E-state index in [1.165, 1.54) is 6.07 Å². The summed E-state index contributed by atoms with van der Waals surface area (Å²) in [5.41, 5.74) is -0.351. The monoisotopic (exact) mass is 477 g/mol. The van der Waals surface area contributed by atoms with E-state index in [0.29, 0.717) is 23.3 Å². The Labute approximate surface area is 202 Å². The fourth-order valence-corrected chi connectivity index (χ4v) is 4.28. The van der Waals surface area contributed by atoms with Gasteiger partial charge in [-0.25, -0.2) is 4.79 Å². The molecule has 1 aliphatic heterocycles. The number of fused-ring (bicyclic) bond motifs is 1. The van der Waals surface area contributed by atoms with E-state index < -0.39 is 29.2 Å². The van der Waals surface area contributed by atoms with Crippen molar-refractivity contribution >= 4 is 22.6 Å². The average Bonchev–Trinajstić information content (AvgIpc) is 2.83. The molecule has 1 amide bonds. The summed E-state index contributed by atoms with van der Waals surface area (Å²) in [5.74, 6) is 1.90. The fraction of sp³-hybridized carbons (Fsp3) is 0.333. The molecule has 0 aliphatic carbocycles. The van der Waals surface area contributed by atoms with Gasteiger partial charge in [0, 0.05) is 30.2 Å². The lowest BCUT2D eigenvalue weighted by Gasteiger charge is -2.41. The Hall–Kier alpha value is -3.80. The summed E-state index contributed by atoms with van der Waals surface area (Å²) < 4.78 is 23.1. The molecule has 4 rings (SSSR count). The zero-order valence-electron chi connectivity index (χ0n) is 20.0. The van der Waals surface area contributed by atoms with Gasteiger partial charge in [0.2, 0.25) is 6.29 Å². The zero-order valence-corrected chi connectivity index (χ0v) is 20.0. The standard InChI is InChI=1S/C27H27NO7/c1-6-16-8-7-9-17(14-16)25(30)28-22-23(29)18-10-11-19(15(2)24(18)34-26(22)31)33-21-13-12-20(32-5)27(3,4)35-21/h1,7-11,14,20-21,29H,12-13H2,2-5H3,(H,28,30)/t20-,21-/m1/s1. The van der Waals surface area contributed by atoms with Crippen molar-refractivity contribution in [3.63, 3.8) is 0 Å². The number of hydrogen-bond acceptors (Lipinski definition) is 7. The number of anilines is 1. The minimum atomic E-state index is -0.894. The first-order valence-corrected chi connectivity index (χ1v) is 11.2. The van der Waals surface area contributed by atoms with Crippen molar-refractivity contribution in [2.75, 3.05) is 12.4 Å². The topological polar surface area (TPSA) is 107 Å². The molecule has 2 heterocycles. The van der Waals surface area contributed by atoms with Crippen molar-refractivity contribution < 1.29 is 28.5 Å². The molecule has 1 fully saturated rings. The lowest BCUT2D eigenvalue weighted by Crippen LogP contribution is -2.49. The van der Waals surface area contributed by atoms with E-state index >= 15 is 0 Å². The van der Waals surface area contributed by atoms with Crippen LogP contribution >= 0.6 is 0 Å². The second kappa shape index (κ2) is 9.45. The molecule has 0 bridgehead atoms. The summed E-state index contributed by atoms with van der Waals surface area (Å²) in [6.07, 6.45) is 6.22. The summed E-state index contributed by atoms with van der Waals surface area (Å²) in [6.45, 7) is 5.61. The van der Waals surface area contributed by atoms with Crippen LogP contribution in [-0.2, 0) is 9.47 Å². The zero-order chi connectivity index (χ0) is 25.3. The van der Waals surface area contributed by atoms with E-state index in [1.807, 2.05) is 13.8 Å². The molecule has 8 heteroatoms. The van der Waals surface area contributed by atoms with Gasteiger partial charge in [0.05, 0.1) is 17.1 Å². The Kier molecular flexibility index (Phi) is 6.57. The highest BCUT2D eigenvalue weighted by molar-refractivity contribution is 6.06. The molecular formula is C27H27NO7. The number of aryl methyl sites for hydroxylation is 1. The Bertz CT molecular complexity index is 1380. The van der Waals surface area contributed by atoms with Gasteiger partial charge in [-0.05, 0) is 57.5 Å². The molecule has 0 radical (unpaired) electrons. The molecule has 8 nitrogen and oxygen atoms in total. The van der Waals surface area contributed by atoms with Crippen LogP contribution in [0.5, 0.6) is 11.5 Å². The van der Waals surface area contributed by atoms with Gasteiger partial charge >= 0.3 is 5.63 Å². The van der Waals surface area contributed by atoms with Crippen molar-refractivity contribution in [1.29, 1.82) is 0 Å². The van der Waals surface area contributed by atoms with Crippen LogP contribution in [0.2, 0.25) is 0 Å². The van der Waals surface area contributed by atoms with E-state index in [1.54, 1.807) is 44.4 Å². The highest BCUT2D eigenvalue weighted by atomic mass is 16.7. The largest absolute Gasteiger partial charge is 0.505 e. The second-order valence-corrected chi connectivity index (χ2v) is 8.93. The minimum Gasteiger partial charge on any atom is -0.505 e. The molecular weight excluding hydrogens is 450 g/mol. The molecule has 182 valence electrons. The number of nitrogens with one attached hydrogen (secondary N) is 1. The first-order chi connectivity index (χ1) is 16.6. The predicted molar refractivity (Wildman–Crippen MR) is 131 cm³/mol. The molecule has 1 saturated heterocycles. The molecule has 3 aromatic rings. The fourth-order valence-electron chi connectivity index (χ4n) is 4.28. The number of ether oxygens (including phenoxy) is 3. The molecule has 0 unspecified atom stereocenters. The van der Waals surface area contributed by atoms with Crippen molar-refractivity contribution in [3.8, 4) is 23.8 Å². The number of hydrogen-bond donors (Lipinski definition) is 2. The van der Waals surface area contributed by atoms with Gasteiger partial charge in [0.25, 0.3) is 5.91 Å². The number of carbonyl (C=O) groups excluding carboxylic acids is 1. The van der Waals surface area contributed by atoms with E-state index in [4.69, 9.17) is 25.1 Å². The first kappa shape index (κ1) is 24.3. The van der Waals surface area contributed by atoms with Gasteiger partial charge in [0.15, 0.2) is 11.4 Å². The quantitative estimate of drug-likeness (QED) is 0.416. The highest BCUT2D eigenvalue weighted by Crippen LogP contribution is 2.37. The van der Waals surface area contributed by atoms with Gasteiger partial charge < -0.3 is 29.1 Å². The number of rotatable bonds is 5. The Balaban J connectivity index is 1.62. The maximum Gasteiger partial charge on any atom is 0.364 e. The smallest absolute Gasteiger partial charge is 0.364 e. The van der Waals surface area contributed by atoms with Crippen molar-refractivity contribution in [3.05, 3.63) is 63.5 Å². The van der Waals surface area contributed by atoms with Crippen molar-refractivity contribution in [2.45, 2.75) is 51.6 Å². The second-order valence-electron chi connectivity index (χ2n) is 8.93. The van der Waals surface area contributed by atoms with Crippen molar-refractivity contribution in [1.82, 2.24) is 0 Å². The Morgan fingerprint density at radius 3 is 2.71 bits per heavy atom. The van der Waals surface area contributed by atoms with Gasteiger partial charge in [-0.15, -0.1) is 6.42 Å². The van der Waals surface area contributed by atoms with Crippen LogP contribution in [0, 0.1) is 19.3 Å². The molecule has 0 saturated carbocycles. The van der Waals surface area contributed by atoms with Gasteiger partial charge in [-0.1, -0.05) is 12.0 Å². The number of terminal acetylenes is 1. The molecule has 2 aromatic carbocycles. The number of amides is 1. The Morgan fingerprint density at radius 2 is 2.03 bits per heavy atom. The van der Waals surface area contributed by atoms with E-state index in [0.717, 1.165) is 6.42 Å². The summed E-state index contributed by atoms with van der Waals surface area (Å²) in [5, 5.41) is 13.5. The summed E-state index contributed by atoms with van der Waals surface area (Å²) in [6, 6.07) is 9.59. The average molecular weight is 478 g/mol. The molecule has 1 aromatic heterocycles. The van der Waals surface area contributed by atoms with Crippen LogP contribution < -0.4 is 15.7 Å². The lowest BCUT2D eigenvalue weighted by molar-refractivity contribution is -0.233. The minimum absolute atomic E-state index is 0.0438. The van der Waals surface area contributed by atoms with Gasteiger partial charge in [-0.3, -0.25) is 4.79 Å². The number of methoxy groups -OCH3 is 1. The van der Waals surface area contributed by atoms with E-state index in [2.05, 4.69) is 11.2 Å². The number of carbonyl (C=O) groups is 1. The third-order valence-electron chi connectivity index (χ3n) is 6.20. The van der Waals surface area contributed by atoms with Crippen LogP contribution in [0.25, 0.3) is 11.0 Å². The van der Waals surface area contributed by atoms with Crippen LogP contribution in [-0.4, -0.2) is 36.1 Å². The first-order valence-electron chi connectivity index (χ1n) is 11.2. The molecule has 1 aliphatic rings. The van der Waals surface area contributed by atoms with Gasteiger partial charge in [0.1, 0.15) is 11.3 Å². The summed E-state index contributed by atoms with van der Waals surface area (Å²) in [4.78, 5) is 25.3. The summed E-state index contributed by atoms with van der Waals surface area (Å²) >= 11 is 0. The van der Waals surface area contributed by atoms with E-state index in [9.17, 15) is 14.7 Å². The van der Waals surface area contributed by atoms with Crippen LogP contribution in [0.1, 0.15) is 48.2 Å². The molecule has 0 spiro atoms. The SMILES string of the molecule is C#Cc1cccc(C(=O)Nc2c(O)c3ccc(O[C@H]4CC[C@@H](OC)C(C)(C)O4)c(C)c3oc2=O)c1. The highest BCUT2D eigenvalue weighted by Gasteiger charge is 2.39. The third kappa shape index (κ3) is 4.74. The molecule has 35 heavy (non-hydrogen) atoms. The van der Waals surface area contributed by atoms with E-state index in [-0.39, 0.29) is 28.3 Å². The predicted octanol–water partition coefficient (Wildman–Crippen LogP) is 4.35. The maximum atomic E-state index is 12.7. The van der Waals surface area contributed by atoms with Crippen LogP contribution in [0.15, 0.2) is 45.6 Å². The molecule has 2 N–H and O–H groups in total. The number of benzene rings is 2. The van der Waals surface area contributed by atoms with Crippen molar-refractivity contribution in [2.24, 2.45) is 0 Å². The molecule has 2 atom stereocenters. The number of aromatic hydroxyl groups is 1. The van der Waals surface area contributed by atoms with Crippen LogP contribution in [0.4, 0.5) is 5.69 Å². The Morgan fingerprint density at radius 1 is 1.26 bits per heavy atom.